The van der Waals surface area contributed by atoms with E-state index in [1.54, 1.807) is 24.3 Å². The van der Waals surface area contributed by atoms with Crippen LogP contribution in [0.1, 0.15) is 45.5 Å². The molecular formula is C33H29BrN6O4S. The maximum Gasteiger partial charge on any atom is 0.287 e. The molecule has 0 fully saturated rings. The van der Waals surface area contributed by atoms with Gasteiger partial charge in [0.25, 0.3) is 11.8 Å². The molecular weight excluding hydrogens is 656 g/mol. The van der Waals surface area contributed by atoms with Gasteiger partial charge < -0.3 is 19.0 Å². The van der Waals surface area contributed by atoms with E-state index in [0.717, 1.165) is 32.6 Å². The minimum atomic E-state index is -0.350. The van der Waals surface area contributed by atoms with E-state index >= 15 is 0 Å². The second-order valence-corrected chi connectivity index (χ2v) is 12.1. The molecule has 10 nitrogen and oxygen atoms in total. The third-order valence-electron chi connectivity index (χ3n) is 7.30. The van der Waals surface area contributed by atoms with Gasteiger partial charge >= 0.3 is 0 Å². The van der Waals surface area contributed by atoms with E-state index < -0.39 is 0 Å². The number of carbonyl (C=O) groups excluding carboxylic acids is 2. The molecule has 0 saturated heterocycles. The summed E-state index contributed by atoms with van der Waals surface area (Å²) in [6.07, 6.45) is 2.03. The van der Waals surface area contributed by atoms with Crippen LogP contribution in [0.4, 0.5) is 0 Å². The van der Waals surface area contributed by atoms with Crippen LogP contribution in [0, 0.1) is 0 Å². The number of methoxy groups -OCH3 is 1. The number of ether oxygens (including phenoxy) is 1. The summed E-state index contributed by atoms with van der Waals surface area (Å²) in [5, 5.41) is 18.5. The number of rotatable bonds is 11. The fraction of sp³-hybridized carbons (Fsp3) is 0.182. The first kappa shape index (κ1) is 30.4. The van der Waals surface area contributed by atoms with Crippen molar-refractivity contribution in [2.24, 2.45) is 5.10 Å². The van der Waals surface area contributed by atoms with Gasteiger partial charge in [0, 0.05) is 10.9 Å². The van der Waals surface area contributed by atoms with E-state index in [4.69, 9.17) is 14.3 Å². The molecule has 5 aromatic rings. The average Bonchev–Trinajstić information content (AvgIpc) is 3.85. The van der Waals surface area contributed by atoms with Crippen molar-refractivity contribution in [3.05, 3.63) is 130 Å². The number of hydrogen-bond donors (Lipinski definition) is 1. The number of hydrazone groups is 1. The Morgan fingerprint density at radius 3 is 2.49 bits per heavy atom. The van der Waals surface area contributed by atoms with Gasteiger partial charge in [-0.25, -0.2) is 5.01 Å². The Kier molecular flexibility index (Phi) is 9.41. The summed E-state index contributed by atoms with van der Waals surface area (Å²) >= 11 is 4.78. The molecule has 1 atom stereocenters. The Morgan fingerprint density at radius 2 is 1.78 bits per heavy atom. The van der Waals surface area contributed by atoms with Crippen molar-refractivity contribution in [1.29, 1.82) is 0 Å². The number of carbonyl (C=O) groups is 2. The molecule has 0 saturated carbocycles. The molecule has 0 radical (unpaired) electrons. The van der Waals surface area contributed by atoms with Crippen molar-refractivity contribution in [2.75, 3.05) is 12.9 Å². The molecule has 228 valence electrons. The molecule has 45 heavy (non-hydrogen) atoms. The Balaban J connectivity index is 1.22. The first-order valence-corrected chi connectivity index (χ1v) is 16.0. The highest BCUT2D eigenvalue weighted by Gasteiger charge is 2.33. The molecule has 0 bridgehead atoms. The van der Waals surface area contributed by atoms with Gasteiger partial charge in [-0.05, 0) is 53.1 Å². The summed E-state index contributed by atoms with van der Waals surface area (Å²) < 4.78 is 13.4. The number of thioether (sulfide) groups is 1. The van der Waals surface area contributed by atoms with Crippen molar-refractivity contribution in [1.82, 2.24) is 25.1 Å². The second-order valence-electron chi connectivity index (χ2n) is 10.2. The van der Waals surface area contributed by atoms with Crippen molar-refractivity contribution in [3.63, 3.8) is 0 Å². The smallest absolute Gasteiger partial charge is 0.287 e. The highest BCUT2D eigenvalue weighted by atomic mass is 79.9. The monoisotopic (exact) mass is 684 g/mol. The maximum absolute atomic E-state index is 13.8. The number of benzene rings is 3. The topological polar surface area (TPSA) is 115 Å². The van der Waals surface area contributed by atoms with Gasteiger partial charge in [0.1, 0.15) is 5.75 Å². The molecule has 2 amide bonds. The van der Waals surface area contributed by atoms with Crippen LogP contribution in [-0.4, -0.2) is 50.2 Å². The average molecular weight is 686 g/mol. The van der Waals surface area contributed by atoms with E-state index in [2.05, 4.69) is 31.4 Å². The molecule has 12 heteroatoms. The SMILES string of the molecule is COc1ccc([C@H]2CC(c3ccc(Br)cc3)=NN2C(=O)CSc2nnc(CNC(=O)c3ccco3)n2Cc2ccccc2)cc1. The van der Waals surface area contributed by atoms with Crippen LogP contribution in [0.25, 0.3) is 0 Å². The molecule has 1 aliphatic heterocycles. The fourth-order valence-corrected chi connectivity index (χ4v) is 6.04. The highest BCUT2D eigenvalue weighted by molar-refractivity contribution is 9.10. The molecule has 3 aromatic carbocycles. The van der Waals surface area contributed by atoms with E-state index in [1.165, 1.54) is 18.0 Å². The van der Waals surface area contributed by atoms with Gasteiger partial charge in [-0.2, -0.15) is 5.10 Å². The first-order valence-electron chi connectivity index (χ1n) is 14.2. The molecule has 1 N–H and O–H groups in total. The lowest BCUT2D eigenvalue weighted by Crippen LogP contribution is -2.28. The Morgan fingerprint density at radius 1 is 1.00 bits per heavy atom. The zero-order valence-corrected chi connectivity index (χ0v) is 26.7. The summed E-state index contributed by atoms with van der Waals surface area (Å²) in [5.74, 6) is 1.10. The summed E-state index contributed by atoms with van der Waals surface area (Å²) in [7, 11) is 1.63. The Hall–Kier alpha value is -4.68. The minimum Gasteiger partial charge on any atom is -0.497 e. The van der Waals surface area contributed by atoms with Gasteiger partial charge in [-0.1, -0.05) is 82.3 Å². The number of aromatic nitrogens is 3. The lowest BCUT2D eigenvalue weighted by atomic mass is 9.98. The van der Waals surface area contributed by atoms with E-state index in [1.807, 2.05) is 83.4 Å². The summed E-state index contributed by atoms with van der Waals surface area (Å²) in [5.41, 5.74) is 3.80. The number of halogens is 1. The normalized spacial score (nSPS) is 14.3. The standard InChI is InChI=1S/C33H29BrN6O4S/c1-43-26-15-11-24(12-16-26)28-18-27(23-9-13-25(34)14-10-23)38-40(28)31(41)21-45-33-37-36-30(19-35-32(42)29-8-5-17-44-29)39(33)20-22-6-3-2-4-7-22/h2-17,28H,18-21H2,1H3,(H,35,42)/t28-/m1/s1. The summed E-state index contributed by atoms with van der Waals surface area (Å²) in [6, 6.07) is 28.5. The van der Waals surface area contributed by atoms with Crippen molar-refractivity contribution >= 4 is 45.2 Å². The second kappa shape index (κ2) is 14.0. The van der Waals surface area contributed by atoms with Crippen LogP contribution in [-0.2, 0) is 17.9 Å². The number of amides is 2. The minimum absolute atomic E-state index is 0.0927. The molecule has 3 heterocycles. The van der Waals surface area contributed by atoms with Crippen molar-refractivity contribution in [2.45, 2.75) is 30.7 Å². The zero-order chi connectivity index (χ0) is 31.2. The quantitative estimate of drug-likeness (QED) is 0.168. The largest absolute Gasteiger partial charge is 0.497 e. The first-order chi connectivity index (χ1) is 22.0. The molecule has 0 unspecified atom stereocenters. The van der Waals surface area contributed by atoms with Crippen LogP contribution in [0.3, 0.4) is 0 Å². The van der Waals surface area contributed by atoms with Crippen LogP contribution >= 0.6 is 27.7 Å². The van der Waals surface area contributed by atoms with Gasteiger partial charge in [0.2, 0.25) is 0 Å². The lowest BCUT2D eigenvalue weighted by molar-refractivity contribution is -0.130. The van der Waals surface area contributed by atoms with E-state index in [9.17, 15) is 9.59 Å². The Bertz CT molecular complexity index is 1790. The van der Waals surface area contributed by atoms with Gasteiger partial charge in [-0.15, -0.1) is 10.2 Å². The molecule has 0 spiro atoms. The van der Waals surface area contributed by atoms with Crippen molar-refractivity contribution < 1.29 is 18.7 Å². The fourth-order valence-electron chi connectivity index (χ4n) is 4.97. The van der Waals surface area contributed by atoms with Crippen LogP contribution in [0.5, 0.6) is 5.75 Å². The maximum atomic E-state index is 13.8. The molecule has 6 rings (SSSR count). The number of nitrogens with zero attached hydrogens (tertiary/aromatic N) is 5. The zero-order valence-electron chi connectivity index (χ0n) is 24.3. The summed E-state index contributed by atoms with van der Waals surface area (Å²) in [4.78, 5) is 26.3. The molecule has 2 aromatic heterocycles. The summed E-state index contributed by atoms with van der Waals surface area (Å²) in [6.45, 7) is 0.612. The van der Waals surface area contributed by atoms with Crippen LogP contribution in [0.2, 0.25) is 0 Å². The highest BCUT2D eigenvalue weighted by Crippen LogP contribution is 2.35. The molecule has 0 aliphatic carbocycles. The van der Waals surface area contributed by atoms with Crippen LogP contribution in [0.15, 0.2) is 116 Å². The van der Waals surface area contributed by atoms with Gasteiger partial charge in [-0.3, -0.25) is 9.59 Å². The van der Waals surface area contributed by atoms with Crippen LogP contribution < -0.4 is 10.1 Å². The van der Waals surface area contributed by atoms with E-state index in [0.29, 0.717) is 23.9 Å². The van der Waals surface area contributed by atoms with Crippen molar-refractivity contribution in [3.8, 4) is 5.75 Å². The number of furan rings is 1. The third-order valence-corrected chi connectivity index (χ3v) is 8.78. The number of hydrogen-bond acceptors (Lipinski definition) is 8. The van der Waals surface area contributed by atoms with Gasteiger partial charge in [0.15, 0.2) is 16.7 Å². The predicted molar refractivity (Wildman–Crippen MR) is 174 cm³/mol. The predicted octanol–water partition coefficient (Wildman–Crippen LogP) is 6.09. The molecule has 1 aliphatic rings. The van der Waals surface area contributed by atoms with E-state index in [-0.39, 0.29) is 35.9 Å². The number of nitrogens with one attached hydrogen (secondary N) is 1. The Labute approximate surface area is 272 Å². The van der Waals surface area contributed by atoms with Gasteiger partial charge in [0.05, 0.1) is 44.0 Å². The lowest BCUT2D eigenvalue weighted by Gasteiger charge is -2.22. The third kappa shape index (κ3) is 7.18.